The van der Waals surface area contributed by atoms with E-state index in [1.54, 1.807) is 6.92 Å². The number of ether oxygens (including phenoxy) is 2. The van der Waals surface area contributed by atoms with Gasteiger partial charge in [0.15, 0.2) is 6.29 Å². The first kappa shape index (κ1) is 40.8. The van der Waals surface area contributed by atoms with Crippen LogP contribution in [-0.4, -0.2) is 30.7 Å². The molecule has 0 aromatic heterocycles. The zero-order valence-corrected chi connectivity index (χ0v) is 28.4. The second-order valence-corrected chi connectivity index (χ2v) is 12.0. The minimum atomic E-state index is -0.584. The molecule has 0 spiro atoms. The third kappa shape index (κ3) is 33.3. The molecule has 0 aliphatic rings. The third-order valence-corrected chi connectivity index (χ3v) is 7.65. The zero-order valence-electron chi connectivity index (χ0n) is 28.4. The zero-order chi connectivity index (χ0) is 30.6. The Balaban J connectivity index is 3.50. The largest absolute Gasteiger partial charge is 0.388 e. The average Bonchev–Trinajstić information content (AvgIpc) is 2.99. The Morgan fingerprint density at radius 2 is 0.738 bits per heavy atom. The van der Waals surface area contributed by atoms with Gasteiger partial charge in [-0.1, -0.05) is 140 Å². The molecule has 0 aliphatic carbocycles. The molecule has 3 nitrogen and oxygen atoms in total. The van der Waals surface area contributed by atoms with E-state index >= 15 is 0 Å². The minimum Gasteiger partial charge on any atom is -0.388 e. The first-order chi connectivity index (χ1) is 20.7. The Morgan fingerprint density at radius 3 is 1.07 bits per heavy atom. The number of aliphatic hydroxyl groups excluding tert-OH is 1. The lowest BCUT2D eigenvalue weighted by molar-refractivity contribution is -0.190. The molecule has 0 aliphatic heterocycles. The van der Waals surface area contributed by atoms with E-state index in [4.69, 9.17) is 9.47 Å². The van der Waals surface area contributed by atoms with Crippen LogP contribution in [0.15, 0.2) is 48.6 Å². The molecular formula is C39H72O3. The molecule has 246 valence electrons. The molecule has 0 aromatic carbocycles. The Hall–Kier alpha value is -1.16. The summed E-state index contributed by atoms with van der Waals surface area (Å²) in [6, 6.07) is 0. The number of hydrogen-bond donors (Lipinski definition) is 1. The molecule has 0 aromatic rings. The standard InChI is InChI=1S/C39H72O3/c1-4-6-8-10-12-14-16-18-20-22-24-26-28-30-32-34-36-41-39(38(3)40)42-37-35-33-31-29-27-25-23-21-19-17-15-13-11-9-7-5-2/h12-15,18-21,38-40H,4-11,16-17,22-37H2,1-3H3/b14-12-,15-13-,20-18-,21-19-. The number of rotatable bonds is 33. The van der Waals surface area contributed by atoms with E-state index in [2.05, 4.69) is 62.5 Å². The first-order valence-corrected chi connectivity index (χ1v) is 18.2. The minimum absolute atomic E-state index is 0.485. The Kier molecular flexibility index (Phi) is 35.0. The highest BCUT2D eigenvalue weighted by molar-refractivity contribution is 4.93. The summed E-state index contributed by atoms with van der Waals surface area (Å²) in [5, 5.41) is 10.0. The van der Waals surface area contributed by atoms with E-state index in [1.165, 1.54) is 128 Å². The molecule has 1 N–H and O–H groups in total. The van der Waals surface area contributed by atoms with E-state index in [-0.39, 0.29) is 0 Å². The quantitative estimate of drug-likeness (QED) is 0.0471. The lowest BCUT2D eigenvalue weighted by Gasteiger charge is -2.21. The van der Waals surface area contributed by atoms with Crippen molar-refractivity contribution in [1.82, 2.24) is 0 Å². The molecule has 1 unspecified atom stereocenters. The Labute approximate surface area is 263 Å². The third-order valence-electron chi connectivity index (χ3n) is 7.65. The van der Waals surface area contributed by atoms with Gasteiger partial charge in [0.2, 0.25) is 0 Å². The van der Waals surface area contributed by atoms with E-state index in [9.17, 15) is 5.11 Å². The molecular weight excluding hydrogens is 516 g/mol. The molecule has 42 heavy (non-hydrogen) atoms. The number of hydrogen-bond acceptors (Lipinski definition) is 3. The summed E-state index contributed by atoms with van der Waals surface area (Å²) < 4.78 is 11.7. The number of unbranched alkanes of at least 4 members (excludes halogenated alkanes) is 18. The normalized spacial score (nSPS) is 13.3. The summed E-state index contributed by atoms with van der Waals surface area (Å²) in [7, 11) is 0. The smallest absolute Gasteiger partial charge is 0.183 e. The van der Waals surface area contributed by atoms with Crippen LogP contribution in [0.1, 0.15) is 175 Å². The lowest BCUT2D eigenvalue weighted by Crippen LogP contribution is -2.30. The van der Waals surface area contributed by atoms with Crippen molar-refractivity contribution in [2.24, 2.45) is 0 Å². The van der Waals surface area contributed by atoms with Crippen molar-refractivity contribution in [3.05, 3.63) is 48.6 Å². The molecule has 3 heteroatoms. The molecule has 0 radical (unpaired) electrons. The van der Waals surface area contributed by atoms with Gasteiger partial charge in [-0.3, -0.25) is 0 Å². The van der Waals surface area contributed by atoms with Crippen LogP contribution in [0.25, 0.3) is 0 Å². The van der Waals surface area contributed by atoms with Crippen molar-refractivity contribution in [3.8, 4) is 0 Å². The van der Waals surface area contributed by atoms with Crippen LogP contribution in [0, 0.1) is 0 Å². The van der Waals surface area contributed by atoms with Gasteiger partial charge in [-0.2, -0.15) is 0 Å². The van der Waals surface area contributed by atoms with Crippen molar-refractivity contribution < 1.29 is 14.6 Å². The fourth-order valence-corrected chi connectivity index (χ4v) is 4.91. The second kappa shape index (κ2) is 36.0. The van der Waals surface area contributed by atoms with Gasteiger partial charge in [0.05, 0.1) is 0 Å². The van der Waals surface area contributed by atoms with Gasteiger partial charge in [-0.05, 0) is 84.0 Å². The van der Waals surface area contributed by atoms with E-state index in [1.807, 2.05) is 0 Å². The Bertz CT molecular complexity index is 569. The Morgan fingerprint density at radius 1 is 0.429 bits per heavy atom. The van der Waals surface area contributed by atoms with Crippen molar-refractivity contribution in [2.75, 3.05) is 13.2 Å². The van der Waals surface area contributed by atoms with Gasteiger partial charge in [-0.15, -0.1) is 0 Å². The van der Waals surface area contributed by atoms with Gasteiger partial charge in [0, 0.05) is 13.2 Å². The van der Waals surface area contributed by atoms with Gasteiger partial charge >= 0.3 is 0 Å². The lowest BCUT2D eigenvalue weighted by atomic mass is 10.1. The summed E-state index contributed by atoms with van der Waals surface area (Å²) in [6.45, 7) is 7.63. The highest BCUT2D eigenvalue weighted by Gasteiger charge is 2.15. The van der Waals surface area contributed by atoms with Gasteiger partial charge < -0.3 is 14.6 Å². The average molecular weight is 589 g/mol. The highest BCUT2D eigenvalue weighted by Crippen LogP contribution is 2.12. The van der Waals surface area contributed by atoms with Crippen LogP contribution in [0.3, 0.4) is 0 Å². The fraction of sp³-hybridized carbons (Fsp3) is 0.795. The maximum atomic E-state index is 10.0. The van der Waals surface area contributed by atoms with Crippen LogP contribution < -0.4 is 0 Å². The number of aliphatic hydroxyl groups is 1. The molecule has 0 saturated carbocycles. The molecule has 0 heterocycles. The molecule has 0 bridgehead atoms. The van der Waals surface area contributed by atoms with Crippen LogP contribution in [0.2, 0.25) is 0 Å². The highest BCUT2D eigenvalue weighted by atomic mass is 16.7. The van der Waals surface area contributed by atoms with Gasteiger partial charge in [0.1, 0.15) is 6.10 Å². The maximum absolute atomic E-state index is 10.0. The predicted molar refractivity (Wildman–Crippen MR) is 186 cm³/mol. The van der Waals surface area contributed by atoms with Crippen molar-refractivity contribution in [2.45, 2.75) is 187 Å². The van der Waals surface area contributed by atoms with Crippen molar-refractivity contribution in [1.29, 1.82) is 0 Å². The van der Waals surface area contributed by atoms with E-state index in [0.29, 0.717) is 13.2 Å². The monoisotopic (exact) mass is 589 g/mol. The SMILES string of the molecule is CCCCC/C=C\C/C=C\CCCCCCCCOC(OCCCCCCCC/C=C\C/C=C\CCCCC)C(C)O. The summed E-state index contributed by atoms with van der Waals surface area (Å²) in [4.78, 5) is 0. The van der Waals surface area contributed by atoms with Gasteiger partial charge in [0.25, 0.3) is 0 Å². The molecule has 1 atom stereocenters. The van der Waals surface area contributed by atoms with Crippen LogP contribution in [-0.2, 0) is 9.47 Å². The fourth-order valence-electron chi connectivity index (χ4n) is 4.91. The van der Waals surface area contributed by atoms with E-state index in [0.717, 1.165) is 25.7 Å². The predicted octanol–water partition coefficient (Wildman–Crippen LogP) is 12.4. The molecule has 0 amide bonds. The number of allylic oxidation sites excluding steroid dienone is 8. The summed E-state index contributed by atoms with van der Waals surface area (Å²) in [5.74, 6) is 0. The van der Waals surface area contributed by atoms with Crippen LogP contribution >= 0.6 is 0 Å². The molecule has 0 fully saturated rings. The van der Waals surface area contributed by atoms with Crippen LogP contribution in [0.4, 0.5) is 0 Å². The first-order valence-electron chi connectivity index (χ1n) is 18.2. The van der Waals surface area contributed by atoms with Gasteiger partial charge in [-0.25, -0.2) is 0 Å². The van der Waals surface area contributed by atoms with E-state index < -0.39 is 12.4 Å². The van der Waals surface area contributed by atoms with Crippen LogP contribution in [0.5, 0.6) is 0 Å². The second-order valence-electron chi connectivity index (χ2n) is 12.0. The summed E-state index contributed by atoms with van der Waals surface area (Å²) in [6.07, 6.45) is 47.3. The van der Waals surface area contributed by atoms with Crippen molar-refractivity contribution >= 4 is 0 Å². The molecule has 0 rings (SSSR count). The molecule has 0 saturated heterocycles. The topological polar surface area (TPSA) is 38.7 Å². The summed E-state index contributed by atoms with van der Waals surface area (Å²) >= 11 is 0. The summed E-state index contributed by atoms with van der Waals surface area (Å²) in [5.41, 5.74) is 0. The maximum Gasteiger partial charge on any atom is 0.183 e. The van der Waals surface area contributed by atoms with Crippen molar-refractivity contribution in [3.63, 3.8) is 0 Å².